The summed E-state index contributed by atoms with van der Waals surface area (Å²) < 4.78 is 4.76. The second-order valence-electron chi connectivity index (χ2n) is 6.58. The van der Waals surface area contributed by atoms with E-state index in [1.54, 1.807) is 36.5 Å². The zero-order valence-corrected chi connectivity index (χ0v) is 15.1. The molecule has 0 spiro atoms. The Hall–Kier alpha value is -2.89. The summed E-state index contributed by atoms with van der Waals surface area (Å²) in [7, 11) is 1.31. The van der Waals surface area contributed by atoms with Gasteiger partial charge in [0.1, 0.15) is 5.69 Å². The monoisotopic (exact) mass is 353 g/mol. The van der Waals surface area contributed by atoms with E-state index in [0.29, 0.717) is 22.9 Å². The summed E-state index contributed by atoms with van der Waals surface area (Å²) in [4.78, 5) is 31.0. The van der Waals surface area contributed by atoms with E-state index in [4.69, 9.17) is 4.74 Å². The van der Waals surface area contributed by atoms with Crippen molar-refractivity contribution in [2.75, 3.05) is 30.4 Å². The average Bonchev–Trinajstić information content (AvgIpc) is 2.68. The second-order valence-corrected chi connectivity index (χ2v) is 6.58. The molecule has 1 unspecified atom stereocenters. The summed E-state index contributed by atoms with van der Waals surface area (Å²) in [6.45, 7) is 4.21. The number of nitrogens with zero attached hydrogens (tertiary/aromatic N) is 2. The first-order valence-corrected chi connectivity index (χ1v) is 8.78. The van der Waals surface area contributed by atoms with Gasteiger partial charge in [0.15, 0.2) is 0 Å². The molecule has 2 aromatic rings. The minimum Gasteiger partial charge on any atom is -0.465 e. The Morgan fingerprint density at radius 2 is 2.08 bits per heavy atom. The topological polar surface area (TPSA) is 71.5 Å². The van der Waals surface area contributed by atoms with Gasteiger partial charge in [-0.1, -0.05) is 19.1 Å². The van der Waals surface area contributed by atoms with Crippen LogP contribution in [0.4, 0.5) is 11.4 Å². The van der Waals surface area contributed by atoms with Gasteiger partial charge in [-0.3, -0.25) is 9.78 Å². The number of carbonyl (C=O) groups excluding carboxylic acids is 2. The van der Waals surface area contributed by atoms with Crippen LogP contribution in [0.2, 0.25) is 0 Å². The van der Waals surface area contributed by atoms with Gasteiger partial charge in [0.05, 0.1) is 18.4 Å². The van der Waals surface area contributed by atoms with Crippen molar-refractivity contribution in [3.05, 3.63) is 53.9 Å². The molecule has 26 heavy (non-hydrogen) atoms. The molecule has 3 rings (SSSR count). The number of esters is 1. The van der Waals surface area contributed by atoms with Crippen molar-refractivity contribution in [2.24, 2.45) is 5.92 Å². The normalized spacial score (nSPS) is 16.8. The number of hydrogen-bond acceptors (Lipinski definition) is 5. The van der Waals surface area contributed by atoms with Crippen LogP contribution in [0.15, 0.2) is 42.6 Å². The molecule has 0 saturated carbocycles. The molecule has 1 aromatic heterocycles. The fourth-order valence-corrected chi connectivity index (χ4v) is 3.23. The van der Waals surface area contributed by atoms with E-state index in [2.05, 4.69) is 22.1 Å². The lowest BCUT2D eigenvalue weighted by Gasteiger charge is -2.32. The van der Waals surface area contributed by atoms with Crippen LogP contribution in [-0.4, -0.2) is 37.1 Å². The summed E-state index contributed by atoms with van der Waals surface area (Å²) in [5.41, 5.74) is 2.03. The number of pyridine rings is 1. The van der Waals surface area contributed by atoms with E-state index >= 15 is 0 Å². The molecule has 136 valence electrons. The van der Waals surface area contributed by atoms with Crippen LogP contribution in [-0.2, 0) is 4.74 Å². The summed E-state index contributed by atoms with van der Waals surface area (Å²) in [5, 5.41) is 2.76. The number of methoxy groups -OCH3 is 1. The highest BCUT2D eigenvalue weighted by Gasteiger charge is 2.19. The highest BCUT2D eigenvalue weighted by molar-refractivity contribution is 6.07. The zero-order chi connectivity index (χ0) is 18.5. The molecule has 1 saturated heterocycles. The van der Waals surface area contributed by atoms with Gasteiger partial charge in [-0.15, -0.1) is 0 Å². The van der Waals surface area contributed by atoms with Crippen LogP contribution < -0.4 is 10.2 Å². The Morgan fingerprint density at radius 3 is 2.85 bits per heavy atom. The van der Waals surface area contributed by atoms with E-state index in [-0.39, 0.29) is 5.91 Å². The first kappa shape index (κ1) is 17.9. The predicted octanol–water partition coefficient (Wildman–Crippen LogP) is 3.36. The van der Waals surface area contributed by atoms with E-state index in [1.807, 2.05) is 6.07 Å². The Bertz CT molecular complexity index is 806. The largest absolute Gasteiger partial charge is 0.465 e. The summed E-state index contributed by atoms with van der Waals surface area (Å²) in [6.07, 6.45) is 4.03. The number of piperidine rings is 1. The Balaban J connectivity index is 1.79. The van der Waals surface area contributed by atoms with Crippen molar-refractivity contribution in [3.63, 3.8) is 0 Å². The highest BCUT2D eigenvalue weighted by atomic mass is 16.5. The number of hydrogen-bond donors (Lipinski definition) is 1. The summed E-state index contributed by atoms with van der Waals surface area (Å²) >= 11 is 0. The van der Waals surface area contributed by atoms with Crippen LogP contribution in [0.25, 0.3) is 0 Å². The number of rotatable bonds is 4. The number of benzene rings is 1. The Labute approximate surface area is 153 Å². The summed E-state index contributed by atoms with van der Waals surface area (Å²) in [6, 6.07) is 10.5. The van der Waals surface area contributed by atoms with Gasteiger partial charge in [-0.05, 0) is 43.0 Å². The van der Waals surface area contributed by atoms with Crippen molar-refractivity contribution in [2.45, 2.75) is 19.8 Å². The minimum atomic E-state index is -0.495. The Morgan fingerprint density at radius 1 is 1.27 bits per heavy atom. The van der Waals surface area contributed by atoms with Crippen molar-refractivity contribution >= 4 is 23.3 Å². The maximum atomic E-state index is 12.6. The maximum Gasteiger partial charge on any atom is 0.339 e. The van der Waals surface area contributed by atoms with Crippen LogP contribution in [0.5, 0.6) is 0 Å². The first-order chi connectivity index (χ1) is 12.6. The van der Waals surface area contributed by atoms with Gasteiger partial charge in [-0.25, -0.2) is 4.79 Å². The minimum absolute atomic E-state index is 0.310. The summed E-state index contributed by atoms with van der Waals surface area (Å²) in [5.74, 6) is -0.209. The van der Waals surface area contributed by atoms with Gasteiger partial charge in [-0.2, -0.15) is 0 Å². The lowest BCUT2D eigenvalue weighted by atomic mass is 10.00. The average molecular weight is 353 g/mol. The molecule has 1 aliphatic heterocycles. The Kier molecular flexibility index (Phi) is 5.51. The molecule has 6 nitrogen and oxygen atoms in total. The van der Waals surface area contributed by atoms with E-state index in [0.717, 1.165) is 25.2 Å². The van der Waals surface area contributed by atoms with E-state index in [1.165, 1.54) is 13.5 Å². The number of nitrogens with one attached hydrogen (secondary N) is 1. The molecule has 1 aliphatic rings. The smallest absolute Gasteiger partial charge is 0.339 e. The standard InChI is InChI=1S/C20H23N3O3/c1-14-6-5-11-23(13-14)15-9-10-21-18(12-15)19(24)22-17-8-4-3-7-16(17)20(25)26-2/h3-4,7-10,12,14H,5-6,11,13H2,1-2H3,(H,22,24). The lowest BCUT2D eigenvalue weighted by molar-refractivity contribution is 0.0602. The quantitative estimate of drug-likeness (QED) is 0.854. The fraction of sp³-hybridized carbons (Fsp3) is 0.350. The predicted molar refractivity (Wildman–Crippen MR) is 101 cm³/mol. The van der Waals surface area contributed by atoms with Gasteiger partial charge in [0, 0.05) is 25.0 Å². The zero-order valence-electron chi connectivity index (χ0n) is 15.1. The number of ether oxygens (including phenoxy) is 1. The molecule has 1 atom stereocenters. The molecule has 1 fully saturated rings. The third-order valence-corrected chi connectivity index (χ3v) is 4.58. The van der Waals surface area contributed by atoms with E-state index < -0.39 is 5.97 Å². The van der Waals surface area contributed by atoms with Crippen LogP contribution in [0.1, 0.15) is 40.6 Å². The highest BCUT2D eigenvalue weighted by Crippen LogP contribution is 2.23. The number of anilines is 2. The van der Waals surface area contributed by atoms with Crippen molar-refractivity contribution in [1.82, 2.24) is 4.98 Å². The number of para-hydroxylation sites is 1. The molecule has 1 amide bonds. The third-order valence-electron chi connectivity index (χ3n) is 4.58. The molecular weight excluding hydrogens is 330 g/mol. The van der Waals surface area contributed by atoms with Crippen molar-refractivity contribution < 1.29 is 14.3 Å². The molecule has 0 aliphatic carbocycles. The number of amides is 1. The second kappa shape index (κ2) is 7.99. The molecule has 1 N–H and O–H groups in total. The molecule has 1 aromatic carbocycles. The maximum absolute atomic E-state index is 12.6. The SMILES string of the molecule is COC(=O)c1ccccc1NC(=O)c1cc(N2CCCC(C)C2)ccn1. The van der Waals surface area contributed by atoms with Crippen LogP contribution in [0.3, 0.4) is 0 Å². The molecule has 6 heteroatoms. The van der Waals surface area contributed by atoms with Gasteiger partial charge in [0.25, 0.3) is 5.91 Å². The van der Waals surface area contributed by atoms with Gasteiger partial charge in [0.2, 0.25) is 0 Å². The first-order valence-electron chi connectivity index (χ1n) is 8.78. The molecule has 2 heterocycles. The molecular formula is C20H23N3O3. The van der Waals surface area contributed by atoms with Crippen molar-refractivity contribution in [3.8, 4) is 0 Å². The molecule has 0 bridgehead atoms. The van der Waals surface area contributed by atoms with Crippen LogP contribution in [0, 0.1) is 5.92 Å². The number of aromatic nitrogens is 1. The number of carbonyl (C=O) groups is 2. The molecule has 0 radical (unpaired) electrons. The van der Waals surface area contributed by atoms with Crippen LogP contribution >= 0.6 is 0 Å². The lowest BCUT2D eigenvalue weighted by Crippen LogP contribution is -2.34. The fourth-order valence-electron chi connectivity index (χ4n) is 3.23. The van der Waals surface area contributed by atoms with Gasteiger partial charge < -0.3 is 15.0 Å². The van der Waals surface area contributed by atoms with E-state index in [9.17, 15) is 9.59 Å². The van der Waals surface area contributed by atoms with Gasteiger partial charge >= 0.3 is 5.97 Å². The van der Waals surface area contributed by atoms with Crippen molar-refractivity contribution in [1.29, 1.82) is 0 Å². The third kappa shape index (κ3) is 4.02.